The number of nitrogens with two attached hydrogens (primary N) is 1. The summed E-state index contributed by atoms with van der Waals surface area (Å²) in [6.07, 6.45) is -4.47. The van der Waals surface area contributed by atoms with Crippen molar-refractivity contribution in [2.45, 2.75) is 57.7 Å². The molecule has 0 aromatic heterocycles. The second-order valence-electron chi connectivity index (χ2n) is 6.17. The Hall–Kier alpha value is -1.07. The van der Waals surface area contributed by atoms with Crippen molar-refractivity contribution in [1.82, 2.24) is 5.43 Å². The second kappa shape index (κ2) is 6.59. The van der Waals surface area contributed by atoms with Crippen LogP contribution in [0, 0.1) is 0 Å². The molecule has 0 saturated heterocycles. The summed E-state index contributed by atoms with van der Waals surface area (Å²) < 4.78 is 36.6. The van der Waals surface area contributed by atoms with Gasteiger partial charge in [-0.05, 0) is 29.4 Å². The van der Waals surface area contributed by atoms with E-state index < -0.39 is 12.6 Å². The predicted octanol–water partition coefficient (Wildman–Crippen LogP) is 3.70. The van der Waals surface area contributed by atoms with E-state index in [0.717, 1.165) is 5.56 Å². The summed E-state index contributed by atoms with van der Waals surface area (Å²) in [4.78, 5) is 0. The average molecular weight is 288 g/mol. The third kappa shape index (κ3) is 5.92. The van der Waals surface area contributed by atoms with E-state index in [-0.39, 0.29) is 17.9 Å². The van der Waals surface area contributed by atoms with Crippen molar-refractivity contribution in [1.29, 1.82) is 0 Å². The van der Waals surface area contributed by atoms with Gasteiger partial charge in [0.25, 0.3) is 0 Å². The van der Waals surface area contributed by atoms with Crippen molar-refractivity contribution in [2.24, 2.45) is 5.84 Å². The lowest BCUT2D eigenvalue weighted by atomic mass is 9.86. The van der Waals surface area contributed by atoms with Crippen molar-refractivity contribution in [3.05, 3.63) is 35.4 Å². The number of hydrogen-bond acceptors (Lipinski definition) is 2. The zero-order chi connectivity index (χ0) is 15.4. The summed E-state index contributed by atoms with van der Waals surface area (Å²) in [7, 11) is 0. The molecule has 0 aliphatic rings. The zero-order valence-corrected chi connectivity index (χ0v) is 12.2. The summed E-state index contributed by atoms with van der Waals surface area (Å²) in [6, 6.07) is 7.59. The van der Waals surface area contributed by atoms with Gasteiger partial charge in [0.1, 0.15) is 0 Å². The summed E-state index contributed by atoms with van der Waals surface area (Å²) in [5.74, 6) is 5.33. The second-order valence-corrected chi connectivity index (χ2v) is 6.17. The SMILES string of the molecule is CC(C)(C)c1ccc(CC(CCC(F)(F)F)NN)cc1. The Morgan fingerprint density at radius 3 is 2.05 bits per heavy atom. The molecule has 1 rings (SSSR count). The number of nitrogens with one attached hydrogen (secondary N) is 1. The summed E-state index contributed by atoms with van der Waals surface area (Å²) in [5.41, 5.74) is 4.73. The highest BCUT2D eigenvalue weighted by Crippen LogP contribution is 2.24. The molecule has 1 aromatic carbocycles. The number of benzene rings is 1. The molecule has 5 heteroatoms. The van der Waals surface area contributed by atoms with E-state index in [1.165, 1.54) is 5.56 Å². The maximum atomic E-state index is 12.2. The van der Waals surface area contributed by atoms with Gasteiger partial charge in [-0.3, -0.25) is 11.3 Å². The van der Waals surface area contributed by atoms with Crippen LogP contribution in [0.25, 0.3) is 0 Å². The maximum absolute atomic E-state index is 12.2. The highest BCUT2D eigenvalue weighted by atomic mass is 19.4. The van der Waals surface area contributed by atoms with Gasteiger partial charge in [-0.2, -0.15) is 13.2 Å². The predicted molar refractivity (Wildman–Crippen MR) is 75.2 cm³/mol. The molecule has 0 saturated carbocycles. The van der Waals surface area contributed by atoms with E-state index in [0.29, 0.717) is 6.42 Å². The van der Waals surface area contributed by atoms with Crippen LogP contribution in [0.15, 0.2) is 24.3 Å². The first-order valence-electron chi connectivity index (χ1n) is 6.74. The normalized spacial score (nSPS) is 14.3. The minimum atomic E-state index is -4.13. The number of hydrazine groups is 1. The first-order chi connectivity index (χ1) is 9.12. The molecule has 0 heterocycles. The Labute approximate surface area is 118 Å². The van der Waals surface area contributed by atoms with E-state index in [1.807, 2.05) is 24.3 Å². The smallest absolute Gasteiger partial charge is 0.271 e. The quantitative estimate of drug-likeness (QED) is 0.640. The Bertz CT molecular complexity index is 405. The molecule has 1 unspecified atom stereocenters. The highest BCUT2D eigenvalue weighted by Gasteiger charge is 2.28. The van der Waals surface area contributed by atoms with Crippen LogP contribution in [-0.2, 0) is 11.8 Å². The van der Waals surface area contributed by atoms with Gasteiger partial charge in [-0.1, -0.05) is 45.0 Å². The Balaban J connectivity index is 2.62. The standard InChI is InChI=1S/C15H23F3N2/c1-14(2,3)12-6-4-11(5-7-12)10-13(20-19)8-9-15(16,17)18/h4-7,13,20H,8-10,19H2,1-3H3. The molecule has 1 aromatic rings. The third-order valence-electron chi connectivity index (χ3n) is 3.31. The third-order valence-corrected chi connectivity index (χ3v) is 3.31. The Kier molecular flexibility index (Phi) is 5.59. The van der Waals surface area contributed by atoms with Crippen LogP contribution in [-0.4, -0.2) is 12.2 Å². The lowest BCUT2D eigenvalue weighted by molar-refractivity contribution is -0.136. The first kappa shape index (κ1) is 17.0. The van der Waals surface area contributed by atoms with Crippen LogP contribution in [0.5, 0.6) is 0 Å². The van der Waals surface area contributed by atoms with Crippen LogP contribution < -0.4 is 11.3 Å². The van der Waals surface area contributed by atoms with Gasteiger partial charge in [0.05, 0.1) is 0 Å². The van der Waals surface area contributed by atoms with Crippen LogP contribution in [0.4, 0.5) is 13.2 Å². The maximum Gasteiger partial charge on any atom is 0.389 e. The van der Waals surface area contributed by atoms with E-state index in [4.69, 9.17) is 5.84 Å². The topological polar surface area (TPSA) is 38.0 Å². The molecular formula is C15H23F3N2. The van der Waals surface area contributed by atoms with E-state index in [2.05, 4.69) is 26.2 Å². The van der Waals surface area contributed by atoms with Crippen molar-refractivity contribution in [2.75, 3.05) is 0 Å². The van der Waals surface area contributed by atoms with Gasteiger partial charge in [0.15, 0.2) is 0 Å². The fourth-order valence-electron chi connectivity index (χ4n) is 2.01. The van der Waals surface area contributed by atoms with E-state index in [9.17, 15) is 13.2 Å². The fourth-order valence-corrected chi connectivity index (χ4v) is 2.01. The lowest BCUT2D eigenvalue weighted by Crippen LogP contribution is -2.37. The summed E-state index contributed by atoms with van der Waals surface area (Å²) >= 11 is 0. The molecule has 1 atom stereocenters. The molecule has 3 N–H and O–H groups in total. The fraction of sp³-hybridized carbons (Fsp3) is 0.600. The summed E-state index contributed by atoms with van der Waals surface area (Å²) in [5, 5.41) is 0. The van der Waals surface area contributed by atoms with Crippen molar-refractivity contribution < 1.29 is 13.2 Å². The van der Waals surface area contributed by atoms with Gasteiger partial charge in [-0.15, -0.1) is 0 Å². The summed E-state index contributed by atoms with van der Waals surface area (Å²) in [6.45, 7) is 6.36. The molecular weight excluding hydrogens is 265 g/mol. The zero-order valence-electron chi connectivity index (χ0n) is 12.2. The van der Waals surface area contributed by atoms with E-state index >= 15 is 0 Å². The molecule has 0 aliphatic heterocycles. The van der Waals surface area contributed by atoms with Crippen LogP contribution in [0.1, 0.15) is 44.7 Å². The monoisotopic (exact) mass is 288 g/mol. The van der Waals surface area contributed by atoms with Crippen LogP contribution >= 0.6 is 0 Å². The van der Waals surface area contributed by atoms with Gasteiger partial charge >= 0.3 is 6.18 Å². The first-order valence-corrected chi connectivity index (χ1v) is 6.74. The minimum Gasteiger partial charge on any atom is -0.271 e. The molecule has 20 heavy (non-hydrogen) atoms. The van der Waals surface area contributed by atoms with Crippen LogP contribution in [0.2, 0.25) is 0 Å². The van der Waals surface area contributed by atoms with Gasteiger partial charge in [0, 0.05) is 12.5 Å². The molecule has 0 bridgehead atoms. The molecule has 0 aliphatic carbocycles. The molecule has 0 spiro atoms. The largest absolute Gasteiger partial charge is 0.389 e. The van der Waals surface area contributed by atoms with Gasteiger partial charge in [0.2, 0.25) is 0 Å². The van der Waals surface area contributed by atoms with Crippen LogP contribution in [0.3, 0.4) is 0 Å². The van der Waals surface area contributed by atoms with Gasteiger partial charge < -0.3 is 0 Å². The van der Waals surface area contributed by atoms with Crippen molar-refractivity contribution in [3.63, 3.8) is 0 Å². The minimum absolute atomic E-state index is 0.0129. The number of hydrogen-bond donors (Lipinski definition) is 2. The molecule has 2 nitrogen and oxygen atoms in total. The van der Waals surface area contributed by atoms with E-state index in [1.54, 1.807) is 0 Å². The van der Waals surface area contributed by atoms with Crippen molar-refractivity contribution in [3.8, 4) is 0 Å². The molecule has 114 valence electrons. The Morgan fingerprint density at radius 1 is 1.10 bits per heavy atom. The van der Waals surface area contributed by atoms with Crippen molar-refractivity contribution >= 4 is 0 Å². The number of alkyl halides is 3. The average Bonchev–Trinajstić information content (AvgIpc) is 2.33. The molecule has 0 amide bonds. The number of rotatable bonds is 5. The lowest BCUT2D eigenvalue weighted by Gasteiger charge is -2.20. The molecule has 0 fully saturated rings. The highest BCUT2D eigenvalue weighted by molar-refractivity contribution is 5.27. The Morgan fingerprint density at radius 2 is 1.65 bits per heavy atom. The number of halogens is 3. The molecule has 0 radical (unpaired) electrons. The van der Waals surface area contributed by atoms with Gasteiger partial charge in [-0.25, -0.2) is 0 Å².